The molecular formula is C26H25N3O3. The van der Waals surface area contributed by atoms with Gasteiger partial charge in [-0.3, -0.25) is 9.59 Å². The van der Waals surface area contributed by atoms with Gasteiger partial charge in [0.2, 0.25) is 0 Å². The average Bonchev–Trinajstić information content (AvgIpc) is 3.29. The standard InChI is InChI=1S/C26H25N3O3/c1-18(30)21-9-6-10-22(15-21)27-17-26(31)29-25(20-11-13-23(32-2)14-12-20)16-24(28-29)19-7-4-3-5-8-19/h3-15,25,27H,16-17H2,1-2H3/t25-/m0/s1. The molecule has 3 aromatic rings. The second kappa shape index (κ2) is 9.47. The minimum atomic E-state index is -0.200. The summed E-state index contributed by atoms with van der Waals surface area (Å²) in [5, 5.41) is 9.38. The van der Waals surface area contributed by atoms with Gasteiger partial charge in [0.25, 0.3) is 5.91 Å². The van der Waals surface area contributed by atoms with Crippen LogP contribution in [-0.2, 0) is 4.79 Å². The number of Topliss-reactive ketones (excluding diaryl/α,β-unsaturated/α-hetero) is 1. The van der Waals surface area contributed by atoms with E-state index in [4.69, 9.17) is 9.84 Å². The number of ether oxygens (including phenoxy) is 1. The van der Waals surface area contributed by atoms with Gasteiger partial charge in [-0.05, 0) is 42.3 Å². The highest BCUT2D eigenvalue weighted by Crippen LogP contribution is 2.33. The summed E-state index contributed by atoms with van der Waals surface area (Å²) in [7, 11) is 1.63. The molecule has 1 amide bonds. The van der Waals surface area contributed by atoms with Crippen LogP contribution in [0.5, 0.6) is 5.75 Å². The topological polar surface area (TPSA) is 71.0 Å². The predicted molar refractivity (Wildman–Crippen MR) is 125 cm³/mol. The van der Waals surface area contributed by atoms with Crippen molar-refractivity contribution < 1.29 is 14.3 Å². The third-order valence-corrected chi connectivity index (χ3v) is 5.49. The zero-order valence-electron chi connectivity index (χ0n) is 18.1. The van der Waals surface area contributed by atoms with Crippen LogP contribution in [0.25, 0.3) is 0 Å². The van der Waals surface area contributed by atoms with Crippen LogP contribution in [-0.4, -0.2) is 36.1 Å². The molecule has 0 bridgehead atoms. The Balaban J connectivity index is 1.56. The summed E-state index contributed by atoms with van der Waals surface area (Å²) in [4.78, 5) is 24.8. The van der Waals surface area contributed by atoms with Crippen LogP contribution in [0.15, 0.2) is 84.0 Å². The van der Waals surface area contributed by atoms with Crippen molar-refractivity contribution in [2.24, 2.45) is 5.10 Å². The van der Waals surface area contributed by atoms with Gasteiger partial charge in [0.1, 0.15) is 5.75 Å². The van der Waals surface area contributed by atoms with Crippen LogP contribution in [0.4, 0.5) is 5.69 Å². The maximum atomic E-state index is 13.2. The predicted octanol–water partition coefficient (Wildman–Crippen LogP) is 4.69. The molecule has 6 heteroatoms. The molecule has 1 aliphatic rings. The number of hydrogen-bond acceptors (Lipinski definition) is 5. The fourth-order valence-corrected chi connectivity index (χ4v) is 3.74. The van der Waals surface area contributed by atoms with Crippen LogP contribution in [0, 0.1) is 0 Å². The normalized spacial score (nSPS) is 15.2. The second-order valence-corrected chi connectivity index (χ2v) is 7.63. The molecule has 0 fully saturated rings. The van der Waals surface area contributed by atoms with E-state index < -0.39 is 0 Å². The number of benzene rings is 3. The first-order chi connectivity index (χ1) is 15.5. The van der Waals surface area contributed by atoms with Gasteiger partial charge in [-0.1, -0.05) is 54.6 Å². The summed E-state index contributed by atoms with van der Waals surface area (Å²) in [6.07, 6.45) is 0.627. The monoisotopic (exact) mass is 427 g/mol. The molecular weight excluding hydrogens is 402 g/mol. The van der Waals surface area contributed by atoms with Crippen LogP contribution in [0.1, 0.15) is 40.9 Å². The van der Waals surface area contributed by atoms with Gasteiger partial charge in [-0.25, -0.2) is 5.01 Å². The van der Waals surface area contributed by atoms with E-state index >= 15 is 0 Å². The number of anilines is 1. The minimum Gasteiger partial charge on any atom is -0.497 e. The lowest BCUT2D eigenvalue weighted by molar-refractivity contribution is -0.131. The van der Waals surface area contributed by atoms with E-state index in [2.05, 4.69) is 5.32 Å². The van der Waals surface area contributed by atoms with E-state index in [-0.39, 0.29) is 24.3 Å². The van der Waals surface area contributed by atoms with Crippen molar-refractivity contribution in [1.82, 2.24) is 5.01 Å². The number of nitrogens with one attached hydrogen (secondary N) is 1. The van der Waals surface area contributed by atoms with E-state index in [9.17, 15) is 9.59 Å². The third kappa shape index (κ3) is 4.70. The summed E-state index contributed by atoms with van der Waals surface area (Å²) in [6, 6.07) is 24.6. The molecule has 0 spiro atoms. The summed E-state index contributed by atoms with van der Waals surface area (Å²) >= 11 is 0. The number of carbonyl (C=O) groups excluding carboxylic acids is 2. The fourth-order valence-electron chi connectivity index (χ4n) is 3.74. The summed E-state index contributed by atoms with van der Waals surface area (Å²) in [6.45, 7) is 1.59. The van der Waals surface area contributed by atoms with E-state index in [0.717, 1.165) is 28.3 Å². The molecule has 0 saturated carbocycles. The number of methoxy groups -OCH3 is 1. The molecule has 32 heavy (non-hydrogen) atoms. The smallest absolute Gasteiger partial charge is 0.262 e. The molecule has 1 N–H and O–H groups in total. The van der Waals surface area contributed by atoms with Crippen molar-refractivity contribution in [3.63, 3.8) is 0 Å². The Morgan fingerprint density at radius 1 is 1.03 bits per heavy atom. The molecule has 0 aliphatic carbocycles. The van der Waals surface area contributed by atoms with Gasteiger partial charge in [-0.2, -0.15) is 5.10 Å². The van der Waals surface area contributed by atoms with Crippen molar-refractivity contribution in [3.8, 4) is 5.75 Å². The maximum absolute atomic E-state index is 13.2. The lowest BCUT2D eigenvalue weighted by atomic mass is 9.98. The van der Waals surface area contributed by atoms with Crippen LogP contribution in [0.3, 0.4) is 0 Å². The highest BCUT2D eigenvalue weighted by atomic mass is 16.5. The zero-order valence-corrected chi connectivity index (χ0v) is 18.1. The fraction of sp³-hybridized carbons (Fsp3) is 0.192. The molecule has 0 aromatic heterocycles. The number of hydrazone groups is 1. The second-order valence-electron chi connectivity index (χ2n) is 7.63. The van der Waals surface area contributed by atoms with Crippen LogP contribution in [0.2, 0.25) is 0 Å². The number of nitrogens with zero attached hydrogens (tertiary/aromatic N) is 2. The van der Waals surface area contributed by atoms with Gasteiger partial charge in [0, 0.05) is 17.7 Å². The molecule has 0 saturated heterocycles. The Labute approximate surface area is 187 Å². The van der Waals surface area contributed by atoms with Gasteiger partial charge in [0.05, 0.1) is 25.4 Å². The quantitative estimate of drug-likeness (QED) is 0.556. The van der Waals surface area contributed by atoms with E-state index in [1.165, 1.54) is 6.92 Å². The van der Waals surface area contributed by atoms with Crippen molar-refractivity contribution in [1.29, 1.82) is 0 Å². The van der Waals surface area contributed by atoms with E-state index in [0.29, 0.717) is 12.0 Å². The van der Waals surface area contributed by atoms with Crippen molar-refractivity contribution in [2.75, 3.05) is 19.0 Å². The van der Waals surface area contributed by atoms with Crippen LogP contribution >= 0.6 is 0 Å². The molecule has 162 valence electrons. The number of ketones is 1. The number of carbonyl (C=O) groups is 2. The molecule has 4 rings (SSSR count). The van der Waals surface area contributed by atoms with E-state index in [1.54, 1.807) is 30.3 Å². The molecule has 0 radical (unpaired) electrons. The summed E-state index contributed by atoms with van der Waals surface area (Å²) in [5.41, 5.74) is 4.19. The first-order valence-corrected chi connectivity index (χ1v) is 10.5. The van der Waals surface area contributed by atoms with Gasteiger partial charge in [-0.15, -0.1) is 0 Å². The number of rotatable bonds is 7. The molecule has 0 unspecified atom stereocenters. The molecule has 1 aliphatic heterocycles. The highest BCUT2D eigenvalue weighted by molar-refractivity contribution is 6.03. The average molecular weight is 428 g/mol. The lowest BCUT2D eigenvalue weighted by Gasteiger charge is -2.22. The van der Waals surface area contributed by atoms with Gasteiger partial charge in [0.15, 0.2) is 5.78 Å². The molecule has 6 nitrogen and oxygen atoms in total. The zero-order chi connectivity index (χ0) is 22.5. The van der Waals surface area contributed by atoms with Gasteiger partial charge < -0.3 is 10.1 Å². The Morgan fingerprint density at radius 3 is 2.47 bits per heavy atom. The first kappa shape index (κ1) is 21.3. The van der Waals surface area contributed by atoms with Crippen molar-refractivity contribution >= 4 is 23.1 Å². The maximum Gasteiger partial charge on any atom is 0.262 e. The van der Waals surface area contributed by atoms with Gasteiger partial charge >= 0.3 is 0 Å². The van der Waals surface area contributed by atoms with E-state index in [1.807, 2.05) is 60.7 Å². The summed E-state index contributed by atoms with van der Waals surface area (Å²) < 4.78 is 5.27. The van der Waals surface area contributed by atoms with Crippen LogP contribution < -0.4 is 10.1 Å². The molecule has 1 atom stereocenters. The third-order valence-electron chi connectivity index (χ3n) is 5.49. The Bertz CT molecular complexity index is 1140. The highest BCUT2D eigenvalue weighted by Gasteiger charge is 2.32. The Morgan fingerprint density at radius 2 is 1.78 bits per heavy atom. The summed E-state index contributed by atoms with van der Waals surface area (Å²) in [5.74, 6) is 0.599. The lowest BCUT2D eigenvalue weighted by Crippen LogP contribution is -2.32. The number of amides is 1. The van der Waals surface area contributed by atoms with Crippen molar-refractivity contribution in [2.45, 2.75) is 19.4 Å². The SMILES string of the molecule is COc1ccc([C@@H]2CC(c3ccccc3)=NN2C(=O)CNc2cccc(C(C)=O)c2)cc1. The Kier molecular flexibility index (Phi) is 6.31. The molecule has 1 heterocycles. The Hall–Kier alpha value is -3.93. The number of hydrogen-bond donors (Lipinski definition) is 1. The first-order valence-electron chi connectivity index (χ1n) is 10.5. The minimum absolute atomic E-state index is 0.0174. The molecule has 3 aromatic carbocycles. The van der Waals surface area contributed by atoms with Crippen molar-refractivity contribution in [3.05, 3.63) is 95.6 Å². The largest absolute Gasteiger partial charge is 0.497 e.